The van der Waals surface area contributed by atoms with Crippen LogP contribution in [0.2, 0.25) is 0 Å². The molecule has 0 radical (unpaired) electrons. The number of nitrogens with one attached hydrogen (secondary N) is 1. The molecule has 1 aromatic carbocycles. The van der Waals surface area contributed by atoms with Crippen LogP contribution in [-0.4, -0.2) is 25.4 Å². The topological polar surface area (TPSA) is 30.5 Å². The highest BCUT2D eigenvalue weighted by atomic mass is 19.1. The van der Waals surface area contributed by atoms with Crippen LogP contribution < -0.4 is 5.32 Å². The molecule has 0 fully saturated rings. The minimum absolute atomic E-state index is 0.166. The van der Waals surface area contributed by atoms with E-state index in [1.165, 1.54) is 6.07 Å². The van der Waals surface area contributed by atoms with E-state index < -0.39 is 0 Å². The van der Waals surface area contributed by atoms with Crippen LogP contribution >= 0.6 is 0 Å². The van der Waals surface area contributed by atoms with Gasteiger partial charge in [0.05, 0.1) is 25.4 Å². The van der Waals surface area contributed by atoms with E-state index in [0.29, 0.717) is 18.8 Å². The summed E-state index contributed by atoms with van der Waals surface area (Å²) in [5, 5.41) is 3.22. The zero-order valence-corrected chi connectivity index (χ0v) is 13.0. The third kappa shape index (κ3) is 6.98. The molecule has 0 aliphatic rings. The van der Waals surface area contributed by atoms with Gasteiger partial charge in [-0.3, -0.25) is 0 Å². The number of hydrogen-bond acceptors (Lipinski definition) is 3. The number of ether oxygens (including phenoxy) is 2. The van der Waals surface area contributed by atoms with Gasteiger partial charge in [-0.05, 0) is 45.0 Å². The summed E-state index contributed by atoms with van der Waals surface area (Å²) in [7, 11) is 0. The summed E-state index contributed by atoms with van der Waals surface area (Å²) in [4.78, 5) is 0. The minimum atomic E-state index is -0.220. The standard InChI is InChI=1S/C16H26FNO2/c1-5-18-11-13-6-7-15(17)14(10-13)12-19-8-9-20-16(2,3)4/h6-7,10,18H,5,8-9,11-12H2,1-4H3. The Balaban J connectivity index is 2.38. The predicted molar refractivity (Wildman–Crippen MR) is 79.1 cm³/mol. The quantitative estimate of drug-likeness (QED) is 0.743. The van der Waals surface area contributed by atoms with E-state index in [1.54, 1.807) is 6.07 Å². The van der Waals surface area contributed by atoms with Crippen molar-refractivity contribution < 1.29 is 13.9 Å². The molecule has 0 aromatic heterocycles. The van der Waals surface area contributed by atoms with Crippen LogP contribution in [0.25, 0.3) is 0 Å². The van der Waals surface area contributed by atoms with Gasteiger partial charge in [0.15, 0.2) is 0 Å². The molecule has 20 heavy (non-hydrogen) atoms. The van der Waals surface area contributed by atoms with E-state index in [1.807, 2.05) is 33.8 Å². The Kier molecular flexibility index (Phi) is 7.13. The molecular formula is C16H26FNO2. The lowest BCUT2D eigenvalue weighted by molar-refractivity contribution is -0.0379. The van der Waals surface area contributed by atoms with Crippen LogP contribution in [0.15, 0.2) is 18.2 Å². The smallest absolute Gasteiger partial charge is 0.128 e. The van der Waals surface area contributed by atoms with Gasteiger partial charge in [0, 0.05) is 12.1 Å². The molecule has 0 unspecified atom stereocenters. The molecule has 1 rings (SSSR count). The summed E-state index contributed by atoms with van der Waals surface area (Å²) in [6, 6.07) is 5.14. The summed E-state index contributed by atoms with van der Waals surface area (Å²) < 4.78 is 24.7. The average molecular weight is 283 g/mol. The normalized spacial score (nSPS) is 11.8. The fourth-order valence-corrected chi connectivity index (χ4v) is 1.71. The van der Waals surface area contributed by atoms with Crippen molar-refractivity contribution in [3.63, 3.8) is 0 Å². The SMILES string of the molecule is CCNCc1ccc(F)c(COCCOC(C)(C)C)c1. The Bertz CT molecular complexity index is 402. The Labute approximate surface area is 121 Å². The molecule has 3 nitrogen and oxygen atoms in total. The number of rotatable bonds is 8. The molecule has 0 saturated carbocycles. The van der Waals surface area contributed by atoms with E-state index in [2.05, 4.69) is 5.32 Å². The van der Waals surface area contributed by atoms with E-state index in [4.69, 9.17) is 9.47 Å². The van der Waals surface area contributed by atoms with Crippen molar-refractivity contribution >= 4 is 0 Å². The second kappa shape index (κ2) is 8.35. The van der Waals surface area contributed by atoms with Crippen LogP contribution in [0, 0.1) is 5.82 Å². The maximum Gasteiger partial charge on any atom is 0.128 e. The first kappa shape index (κ1) is 17.1. The van der Waals surface area contributed by atoms with E-state index in [-0.39, 0.29) is 18.0 Å². The molecule has 114 valence electrons. The monoisotopic (exact) mass is 283 g/mol. The molecule has 0 amide bonds. The van der Waals surface area contributed by atoms with Crippen LogP contribution in [0.3, 0.4) is 0 Å². The van der Waals surface area contributed by atoms with Crippen molar-refractivity contribution in [2.45, 2.75) is 46.4 Å². The highest BCUT2D eigenvalue weighted by Crippen LogP contribution is 2.12. The number of halogens is 1. The Morgan fingerprint density at radius 1 is 1.20 bits per heavy atom. The Morgan fingerprint density at radius 2 is 1.95 bits per heavy atom. The zero-order valence-electron chi connectivity index (χ0n) is 13.0. The average Bonchev–Trinajstić information content (AvgIpc) is 2.37. The molecule has 0 aliphatic carbocycles. The van der Waals surface area contributed by atoms with Gasteiger partial charge in [-0.15, -0.1) is 0 Å². The van der Waals surface area contributed by atoms with E-state index in [9.17, 15) is 4.39 Å². The summed E-state index contributed by atoms with van der Waals surface area (Å²) in [6.45, 7) is 10.9. The van der Waals surface area contributed by atoms with Crippen LogP contribution in [0.5, 0.6) is 0 Å². The van der Waals surface area contributed by atoms with Crippen molar-refractivity contribution in [1.82, 2.24) is 5.32 Å². The van der Waals surface area contributed by atoms with Crippen molar-refractivity contribution in [3.05, 3.63) is 35.1 Å². The first-order valence-corrected chi connectivity index (χ1v) is 7.12. The third-order valence-corrected chi connectivity index (χ3v) is 2.71. The summed E-state index contributed by atoms with van der Waals surface area (Å²) in [6.07, 6.45) is 0. The molecule has 0 heterocycles. The maximum atomic E-state index is 13.7. The molecule has 1 aromatic rings. The molecule has 0 bridgehead atoms. The van der Waals surface area contributed by atoms with Gasteiger partial charge in [0.25, 0.3) is 0 Å². The Morgan fingerprint density at radius 3 is 2.60 bits per heavy atom. The number of hydrogen-bond donors (Lipinski definition) is 1. The Hall–Kier alpha value is -0.970. The molecule has 4 heteroatoms. The van der Waals surface area contributed by atoms with Crippen LogP contribution in [-0.2, 0) is 22.6 Å². The second-order valence-electron chi connectivity index (χ2n) is 5.72. The van der Waals surface area contributed by atoms with Gasteiger partial charge in [-0.2, -0.15) is 0 Å². The number of benzene rings is 1. The fraction of sp³-hybridized carbons (Fsp3) is 0.625. The fourth-order valence-electron chi connectivity index (χ4n) is 1.71. The molecule has 0 atom stereocenters. The van der Waals surface area contributed by atoms with Gasteiger partial charge in [0.2, 0.25) is 0 Å². The molecular weight excluding hydrogens is 257 g/mol. The first-order chi connectivity index (χ1) is 9.42. The van der Waals surface area contributed by atoms with Gasteiger partial charge in [-0.25, -0.2) is 4.39 Å². The predicted octanol–water partition coefficient (Wildman–Crippen LogP) is 3.27. The van der Waals surface area contributed by atoms with Crippen molar-refractivity contribution in [2.24, 2.45) is 0 Å². The lowest BCUT2D eigenvalue weighted by Gasteiger charge is -2.19. The van der Waals surface area contributed by atoms with Gasteiger partial charge < -0.3 is 14.8 Å². The van der Waals surface area contributed by atoms with E-state index in [0.717, 1.165) is 18.7 Å². The lowest BCUT2D eigenvalue weighted by Crippen LogP contribution is -2.21. The molecule has 0 spiro atoms. The molecule has 0 aliphatic heterocycles. The minimum Gasteiger partial charge on any atom is -0.374 e. The first-order valence-electron chi connectivity index (χ1n) is 7.12. The summed E-state index contributed by atoms with van der Waals surface area (Å²) in [5.74, 6) is -0.220. The van der Waals surface area contributed by atoms with Crippen molar-refractivity contribution in [2.75, 3.05) is 19.8 Å². The maximum absolute atomic E-state index is 13.7. The van der Waals surface area contributed by atoms with Crippen molar-refractivity contribution in [3.8, 4) is 0 Å². The van der Waals surface area contributed by atoms with Crippen LogP contribution in [0.1, 0.15) is 38.8 Å². The lowest BCUT2D eigenvalue weighted by atomic mass is 10.1. The van der Waals surface area contributed by atoms with Gasteiger partial charge >= 0.3 is 0 Å². The molecule has 1 N–H and O–H groups in total. The highest BCUT2D eigenvalue weighted by Gasteiger charge is 2.09. The third-order valence-electron chi connectivity index (χ3n) is 2.71. The van der Waals surface area contributed by atoms with E-state index >= 15 is 0 Å². The van der Waals surface area contributed by atoms with Gasteiger partial charge in [0.1, 0.15) is 5.82 Å². The zero-order chi connectivity index (χ0) is 15.0. The van der Waals surface area contributed by atoms with Crippen molar-refractivity contribution in [1.29, 1.82) is 0 Å². The van der Waals surface area contributed by atoms with Crippen LogP contribution in [0.4, 0.5) is 4.39 Å². The summed E-state index contributed by atoms with van der Waals surface area (Å²) in [5.41, 5.74) is 1.49. The van der Waals surface area contributed by atoms with Gasteiger partial charge in [-0.1, -0.05) is 13.0 Å². The molecule has 0 saturated heterocycles. The highest BCUT2D eigenvalue weighted by molar-refractivity contribution is 5.24. The largest absolute Gasteiger partial charge is 0.374 e. The summed E-state index contributed by atoms with van der Waals surface area (Å²) >= 11 is 0. The second-order valence-corrected chi connectivity index (χ2v) is 5.72.